The molecule has 2 rings (SSSR count). The number of benzene rings is 1. The average Bonchev–Trinajstić information content (AvgIpc) is 2.64. The van der Waals surface area contributed by atoms with E-state index in [1.807, 2.05) is 6.92 Å². The lowest BCUT2D eigenvalue weighted by atomic mass is 9.97. The third kappa shape index (κ3) is 6.86. The number of nitrogens with zero attached hydrogens (tertiary/aromatic N) is 2. The summed E-state index contributed by atoms with van der Waals surface area (Å²) in [6.45, 7) is 4.28. The molecule has 27 heavy (non-hydrogen) atoms. The van der Waals surface area contributed by atoms with Crippen LogP contribution in [0.5, 0.6) is 0 Å². The van der Waals surface area contributed by atoms with Crippen LogP contribution in [0.2, 0.25) is 0 Å². The maximum absolute atomic E-state index is 12.6. The molecule has 1 aromatic carbocycles. The first kappa shape index (κ1) is 23.5. The molecular formula is C18H25F3IN3O2. The van der Waals surface area contributed by atoms with E-state index in [1.165, 1.54) is 19.2 Å². The minimum atomic E-state index is -4.33. The Morgan fingerprint density at radius 3 is 2.33 bits per heavy atom. The van der Waals surface area contributed by atoms with Crippen LogP contribution in [0, 0.1) is 5.92 Å². The van der Waals surface area contributed by atoms with Crippen LogP contribution in [-0.2, 0) is 22.3 Å². The summed E-state index contributed by atoms with van der Waals surface area (Å²) in [4.78, 5) is 18.2. The second kappa shape index (κ2) is 10.7. The maximum atomic E-state index is 12.6. The second-order valence-electron chi connectivity index (χ2n) is 6.15. The molecule has 0 saturated carbocycles. The monoisotopic (exact) mass is 499 g/mol. The van der Waals surface area contributed by atoms with Gasteiger partial charge in [-0.25, -0.2) is 4.99 Å². The highest BCUT2D eigenvalue weighted by Gasteiger charge is 2.30. The third-order valence-corrected chi connectivity index (χ3v) is 4.36. The van der Waals surface area contributed by atoms with Crippen molar-refractivity contribution in [3.8, 4) is 0 Å². The molecule has 5 nitrogen and oxygen atoms in total. The van der Waals surface area contributed by atoms with Crippen LogP contribution in [0.3, 0.4) is 0 Å². The van der Waals surface area contributed by atoms with Gasteiger partial charge in [0.05, 0.1) is 25.1 Å². The summed E-state index contributed by atoms with van der Waals surface area (Å²) in [5, 5.41) is 3.20. The fourth-order valence-corrected chi connectivity index (χ4v) is 2.88. The summed E-state index contributed by atoms with van der Waals surface area (Å²) >= 11 is 0. The van der Waals surface area contributed by atoms with Crippen molar-refractivity contribution in [1.82, 2.24) is 10.2 Å². The van der Waals surface area contributed by atoms with Gasteiger partial charge in [0.2, 0.25) is 0 Å². The molecule has 1 aromatic rings. The Morgan fingerprint density at radius 1 is 1.26 bits per heavy atom. The van der Waals surface area contributed by atoms with Crippen molar-refractivity contribution >= 4 is 35.9 Å². The molecule has 1 heterocycles. The predicted octanol–water partition coefficient (Wildman–Crippen LogP) is 3.67. The Hall–Kier alpha value is -1.52. The fraction of sp³-hybridized carbons (Fsp3) is 0.556. The standard InChI is InChI=1S/C18H24F3N3O2.HI/c1-3-22-17(24-10-8-14(9-11-24)16(25)26-2)23-12-13-4-6-15(7-5-13)18(19,20)21;/h4-7,14H,3,8-12H2,1-2H3,(H,22,23);1H. The Bertz CT molecular complexity index is 628. The van der Waals surface area contributed by atoms with E-state index in [4.69, 9.17) is 4.74 Å². The van der Waals surface area contributed by atoms with Crippen molar-refractivity contribution < 1.29 is 22.7 Å². The number of carbonyl (C=O) groups excluding carboxylic acids is 1. The Kier molecular flexibility index (Phi) is 9.34. The number of ether oxygens (including phenoxy) is 1. The zero-order chi connectivity index (χ0) is 19.2. The van der Waals surface area contributed by atoms with E-state index in [9.17, 15) is 18.0 Å². The molecule has 0 aliphatic carbocycles. The lowest BCUT2D eigenvalue weighted by molar-refractivity contribution is -0.146. The number of carbonyl (C=O) groups is 1. The zero-order valence-electron chi connectivity index (χ0n) is 15.4. The van der Waals surface area contributed by atoms with Gasteiger partial charge < -0.3 is 15.0 Å². The minimum Gasteiger partial charge on any atom is -0.469 e. The van der Waals surface area contributed by atoms with Gasteiger partial charge in [-0.3, -0.25) is 4.79 Å². The van der Waals surface area contributed by atoms with E-state index < -0.39 is 11.7 Å². The number of esters is 1. The SMILES string of the molecule is CCNC(=NCc1ccc(C(F)(F)F)cc1)N1CCC(C(=O)OC)CC1.I. The number of likely N-dealkylation sites (tertiary alicyclic amines) is 1. The van der Waals surface area contributed by atoms with Crippen LogP contribution in [0.1, 0.15) is 30.9 Å². The molecule has 1 saturated heterocycles. The molecule has 0 atom stereocenters. The number of methoxy groups -OCH3 is 1. The molecule has 1 N–H and O–H groups in total. The largest absolute Gasteiger partial charge is 0.469 e. The second-order valence-corrected chi connectivity index (χ2v) is 6.15. The van der Waals surface area contributed by atoms with Crippen molar-refractivity contribution in [2.24, 2.45) is 10.9 Å². The summed E-state index contributed by atoms with van der Waals surface area (Å²) in [5.74, 6) is 0.432. The lowest BCUT2D eigenvalue weighted by Crippen LogP contribution is -2.46. The molecule has 0 aromatic heterocycles. The minimum absolute atomic E-state index is 0. The van der Waals surface area contributed by atoms with Gasteiger partial charge in [-0.15, -0.1) is 24.0 Å². The van der Waals surface area contributed by atoms with E-state index in [0.717, 1.165) is 12.1 Å². The topological polar surface area (TPSA) is 53.9 Å². The number of nitrogens with one attached hydrogen (secondary N) is 1. The van der Waals surface area contributed by atoms with E-state index in [0.29, 0.717) is 44.0 Å². The summed E-state index contributed by atoms with van der Waals surface area (Å²) in [6, 6.07) is 5.03. The molecule has 9 heteroatoms. The van der Waals surface area contributed by atoms with Gasteiger partial charge in [0.15, 0.2) is 5.96 Å². The third-order valence-electron chi connectivity index (χ3n) is 4.36. The normalized spacial score (nSPS) is 15.9. The van der Waals surface area contributed by atoms with E-state index >= 15 is 0 Å². The van der Waals surface area contributed by atoms with Gasteiger partial charge in [-0.05, 0) is 37.5 Å². The van der Waals surface area contributed by atoms with Crippen LogP contribution in [0.4, 0.5) is 13.2 Å². The number of alkyl halides is 3. The van der Waals surface area contributed by atoms with E-state index in [2.05, 4.69) is 15.2 Å². The molecular weight excluding hydrogens is 474 g/mol. The summed E-state index contributed by atoms with van der Waals surface area (Å²) in [6.07, 6.45) is -2.95. The smallest absolute Gasteiger partial charge is 0.416 e. The van der Waals surface area contributed by atoms with Gasteiger partial charge >= 0.3 is 12.1 Å². The van der Waals surface area contributed by atoms with E-state index in [-0.39, 0.29) is 42.4 Å². The highest BCUT2D eigenvalue weighted by molar-refractivity contribution is 14.0. The van der Waals surface area contributed by atoms with Crippen LogP contribution in [-0.4, -0.2) is 43.6 Å². The predicted molar refractivity (Wildman–Crippen MR) is 108 cm³/mol. The number of guanidine groups is 1. The molecule has 1 fully saturated rings. The Labute approximate surface area is 174 Å². The highest BCUT2D eigenvalue weighted by atomic mass is 127. The quantitative estimate of drug-likeness (QED) is 0.298. The highest BCUT2D eigenvalue weighted by Crippen LogP contribution is 2.29. The number of aliphatic imine (C=N–C) groups is 1. The van der Waals surface area contributed by atoms with Gasteiger partial charge in [0, 0.05) is 19.6 Å². The molecule has 1 aliphatic heterocycles. The van der Waals surface area contributed by atoms with Gasteiger partial charge in [0.1, 0.15) is 0 Å². The number of hydrogen-bond donors (Lipinski definition) is 1. The molecule has 0 amide bonds. The average molecular weight is 499 g/mol. The zero-order valence-corrected chi connectivity index (χ0v) is 17.7. The summed E-state index contributed by atoms with van der Waals surface area (Å²) in [5.41, 5.74) is 0.0415. The van der Waals surface area contributed by atoms with Crippen molar-refractivity contribution in [2.75, 3.05) is 26.7 Å². The maximum Gasteiger partial charge on any atom is 0.416 e. The number of piperidine rings is 1. The van der Waals surface area contributed by atoms with E-state index in [1.54, 1.807) is 0 Å². The molecule has 0 radical (unpaired) electrons. The molecule has 1 aliphatic rings. The first-order chi connectivity index (χ1) is 12.3. The molecule has 0 unspecified atom stereocenters. The van der Waals surface area contributed by atoms with Crippen LogP contribution >= 0.6 is 24.0 Å². The van der Waals surface area contributed by atoms with Crippen LogP contribution < -0.4 is 5.32 Å². The van der Waals surface area contributed by atoms with Crippen molar-refractivity contribution in [2.45, 2.75) is 32.5 Å². The Balaban J connectivity index is 0.00000364. The van der Waals surface area contributed by atoms with Crippen LogP contribution in [0.15, 0.2) is 29.3 Å². The first-order valence-corrected chi connectivity index (χ1v) is 8.62. The molecule has 0 spiro atoms. The molecule has 152 valence electrons. The van der Waals surface area contributed by atoms with Crippen LogP contribution in [0.25, 0.3) is 0 Å². The molecule has 0 bridgehead atoms. The summed E-state index contributed by atoms with van der Waals surface area (Å²) in [7, 11) is 1.39. The van der Waals surface area contributed by atoms with Crippen molar-refractivity contribution in [3.05, 3.63) is 35.4 Å². The number of rotatable bonds is 4. The fourth-order valence-electron chi connectivity index (χ4n) is 2.88. The first-order valence-electron chi connectivity index (χ1n) is 8.62. The number of halogens is 4. The van der Waals surface area contributed by atoms with Gasteiger partial charge in [-0.2, -0.15) is 13.2 Å². The Morgan fingerprint density at radius 2 is 1.85 bits per heavy atom. The van der Waals surface area contributed by atoms with Crippen molar-refractivity contribution in [1.29, 1.82) is 0 Å². The van der Waals surface area contributed by atoms with Gasteiger partial charge in [0.25, 0.3) is 0 Å². The number of hydrogen-bond acceptors (Lipinski definition) is 3. The lowest BCUT2D eigenvalue weighted by Gasteiger charge is -2.33. The van der Waals surface area contributed by atoms with Gasteiger partial charge in [-0.1, -0.05) is 12.1 Å². The van der Waals surface area contributed by atoms with Crippen molar-refractivity contribution in [3.63, 3.8) is 0 Å². The summed E-state index contributed by atoms with van der Waals surface area (Å²) < 4.78 is 42.6.